The number of ether oxygens (including phenoxy) is 1. The summed E-state index contributed by atoms with van der Waals surface area (Å²) in [5.41, 5.74) is 1.83. The van der Waals surface area contributed by atoms with Crippen LogP contribution in [-0.2, 0) is 6.54 Å². The van der Waals surface area contributed by atoms with E-state index in [2.05, 4.69) is 15.3 Å². The fourth-order valence-electron chi connectivity index (χ4n) is 1.40. The van der Waals surface area contributed by atoms with Gasteiger partial charge in [0.15, 0.2) is 0 Å². The highest BCUT2D eigenvalue weighted by molar-refractivity contribution is 5.41. The Hall–Kier alpha value is -2.04. The fraction of sp³-hybridized carbons (Fsp3) is 0.333. The van der Waals surface area contributed by atoms with Gasteiger partial charge in [-0.2, -0.15) is 0 Å². The van der Waals surface area contributed by atoms with Crippen LogP contribution in [0.5, 0.6) is 5.88 Å². The van der Waals surface area contributed by atoms with Crippen molar-refractivity contribution in [1.29, 1.82) is 0 Å². The van der Waals surface area contributed by atoms with Crippen molar-refractivity contribution in [3.8, 4) is 5.88 Å². The summed E-state index contributed by atoms with van der Waals surface area (Å²) in [5, 5.41) is 3.18. The van der Waals surface area contributed by atoms with Crippen molar-refractivity contribution >= 4 is 5.69 Å². The first-order valence-corrected chi connectivity index (χ1v) is 5.36. The quantitative estimate of drug-likeness (QED) is 0.878. The summed E-state index contributed by atoms with van der Waals surface area (Å²) in [5.74, 6) is 2.13. The minimum Gasteiger partial charge on any atom is -0.481 e. The van der Waals surface area contributed by atoms with E-state index >= 15 is 0 Å². The Morgan fingerprint density at radius 1 is 1.35 bits per heavy atom. The van der Waals surface area contributed by atoms with Crippen LogP contribution in [0.4, 0.5) is 5.69 Å². The minimum atomic E-state index is 0.544. The predicted octanol–water partition coefficient (Wildman–Crippen LogP) is 2.31. The molecule has 2 aromatic rings. The molecular formula is C12H15N3O2. The molecule has 0 saturated heterocycles. The number of anilines is 1. The lowest BCUT2D eigenvalue weighted by Gasteiger charge is -2.03. The van der Waals surface area contributed by atoms with E-state index in [4.69, 9.17) is 9.15 Å². The highest BCUT2D eigenvalue weighted by atomic mass is 16.5. The molecule has 5 nitrogen and oxygen atoms in total. The number of nitrogens with zero attached hydrogens (tertiary/aromatic N) is 2. The third-order valence-electron chi connectivity index (χ3n) is 2.46. The molecule has 2 rings (SSSR count). The van der Waals surface area contributed by atoms with Gasteiger partial charge in [0.2, 0.25) is 11.8 Å². The molecule has 0 aliphatic rings. The minimum absolute atomic E-state index is 0.544. The molecule has 1 N–H and O–H groups in total. The van der Waals surface area contributed by atoms with E-state index in [-0.39, 0.29) is 0 Å². The van der Waals surface area contributed by atoms with Gasteiger partial charge < -0.3 is 14.5 Å². The lowest BCUT2D eigenvalue weighted by atomic mass is 10.4. The van der Waals surface area contributed by atoms with Crippen molar-refractivity contribution in [2.75, 3.05) is 12.4 Å². The van der Waals surface area contributed by atoms with Gasteiger partial charge in [-0.1, -0.05) is 0 Å². The molecular weight excluding hydrogens is 218 g/mol. The number of oxazole rings is 1. The summed E-state index contributed by atoms with van der Waals surface area (Å²) in [6.45, 7) is 4.38. The number of aryl methyl sites for hydroxylation is 2. The van der Waals surface area contributed by atoms with E-state index in [9.17, 15) is 0 Å². The second-order valence-corrected chi connectivity index (χ2v) is 3.69. The lowest BCUT2D eigenvalue weighted by Crippen LogP contribution is -2.00. The predicted molar refractivity (Wildman–Crippen MR) is 64.1 cm³/mol. The zero-order valence-corrected chi connectivity index (χ0v) is 10.2. The van der Waals surface area contributed by atoms with Crippen LogP contribution in [0.15, 0.2) is 22.7 Å². The summed E-state index contributed by atoms with van der Waals surface area (Å²) < 4.78 is 10.4. The highest BCUT2D eigenvalue weighted by Crippen LogP contribution is 2.13. The number of hydrogen-bond acceptors (Lipinski definition) is 5. The molecule has 0 aromatic carbocycles. The molecule has 0 spiro atoms. The normalized spacial score (nSPS) is 10.3. The molecule has 0 radical (unpaired) electrons. The van der Waals surface area contributed by atoms with E-state index in [1.54, 1.807) is 19.4 Å². The molecule has 0 aliphatic carbocycles. The van der Waals surface area contributed by atoms with E-state index in [0.717, 1.165) is 17.1 Å². The number of nitrogens with one attached hydrogen (secondary N) is 1. The first kappa shape index (κ1) is 11.4. The molecule has 0 amide bonds. The largest absolute Gasteiger partial charge is 0.481 e. The Bertz CT molecular complexity index is 471. The Balaban J connectivity index is 1.97. The van der Waals surface area contributed by atoms with Crippen molar-refractivity contribution in [2.24, 2.45) is 0 Å². The zero-order valence-electron chi connectivity index (χ0n) is 10.2. The van der Waals surface area contributed by atoms with E-state index < -0.39 is 0 Å². The summed E-state index contributed by atoms with van der Waals surface area (Å²) in [6.07, 6.45) is 1.71. The molecule has 2 aromatic heterocycles. The van der Waals surface area contributed by atoms with Gasteiger partial charge in [0.1, 0.15) is 5.76 Å². The average Bonchev–Trinajstić information content (AvgIpc) is 2.67. The molecule has 17 heavy (non-hydrogen) atoms. The van der Waals surface area contributed by atoms with Gasteiger partial charge >= 0.3 is 0 Å². The number of hydrogen-bond donors (Lipinski definition) is 1. The van der Waals surface area contributed by atoms with Gasteiger partial charge in [-0.15, -0.1) is 0 Å². The maximum Gasteiger partial charge on any atom is 0.213 e. The van der Waals surface area contributed by atoms with Gasteiger partial charge in [0, 0.05) is 6.07 Å². The standard InChI is InChI=1S/C12H15N3O2/c1-8-9(2)17-12(15-8)7-13-10-4-5-11(16-3)14-6-10/h4-6,13H,7H2,1-3H3. The molecule has 0 aliphatic heterocycles. The topological polar surface area (TPSA) is 60.2 Å². The Kier molecular flexibility index (Phi) is 3.27. The molecule has 0 fully saturated rings. The highest BCUT2D eigenvalue weighted by Gasteiger charge is 2.04. The third-order valence-corrected chi connectivity index (χ3v) is 2.46. The van der Waals surface area contributed by atoms with Crippen molar-refractivity contribution < 1.29 is 9.15 Å². The maximum absolute atomic E-state index is 5.46. The first-order chi connectivity index (χ1) is 8.19. The molecule has 2 heterocycles. The third kappa shape index (κ3) is 2.75. The Morgan fingerprint density at radius 2 is 2.18 bits per heavy atom. The average molecular weight is 233 g/mol. The molecule has 0 bridgehead atoms. The van der Waals surface area contributed by atoms with E-state index in [1.165, 1.54) is 0 Å². The smallest absolute Gasteiger partial charge is 0.213 e. The lowest BCUT2D eigenvalue weighted by molar-refractivity contribution is 0.398. The van der Waals surface area contributed by atoms with E-state index in [0.29, 0.717) is 18.3 Å². The summed E-state index contributed by atoms with van der Waals surface area (Å²) in [4.78, 5) is 8.38. The number of methoxy groups -OCH3 is 1. The molecule has 0 atom stereocenters. The van der Waals surface area contributed by atoms with Crippen molar-refractivity contribution in [1.82, 2.24) is 9.97 Å². The van der Waals surface area contributed by atoms with Crippen LogP contribution in [0.1, 0.15) is 17.3 Å². The molecule has 0 unspecified atom stereocenters. The van der Waals surface area contributed by atoms with E-state index in [1.807, 2.05) is 19.9 Å². The maximum atomic E-state index is 5.46. The van der Waals surface area contributed by atoms with Gasteiger partial charge in [-0.25, -0.2) is 9.97 Å². The number of rotatable bonds is 4. The van der Waals surface area contributed by atoms with Gasteiger partial charge in [0.25, 0.3) is 0 Å². The van der Waals surface area contributed by atoms with Crippen LogP contribution in [0.25, 0.3) is 0 Å². The molecule has 90 valence electrons. The SMILES string of the molecule is COc1ccc(NCc2nc(C)c(C)o2)cn1. The van der Waals surface area contributed by atoms with Crippen LogP contribution < -0.4 is 10.1 Å². The Labute approximate surface area is 99.8 Å². The summed E-state index contributed by atoms with van der Waals surface area (Å²) >= 11 is 0. The van der Waals surface area contributed by atoms with Gasteiger partial charge in [0.05, 0.1) is 31.2 Å². The zero-order chi connectivity index (χ0) is 12.3. The second kappa shape index (κ2) is 4.86. The van der Waals surface area contributed by atoms with Crippen molar-refractivity contribution in [2.45, 2.75) is 20.4 Å². The van der Waals surface area contributed by atoms with Gasteiger partial charge in [-0.05, 0) is 19.9 Å². The first-order valence-electron chi connectivity index (χ1n) is 5.36. The van der Waals surface area contributed by atoms with Crippen LogP contribution in [0.2, 0.25) is 0 Å². The van der Waals surface area contributed by atoms with Crippen LogP contribution >= 0.6 is 0 Å². The molecule has 5 heteroatoms. The van der Waals surface area contributed by atoms with Gasteiger partial charge in [-0.3, -0.25) is 0 Å². The summed E-state index contributed by atoms with van der Waals surface area (Å²) in [6, 6.07) is 3.70. The second-order valence-electron chi connectivity index (χ2n) is 3.69. The number of pyridine rings is 1. The van der Waals surface area contributed by atoms with Crippen LogP contribution in [0, 0.1) is 13.8 Å². The van der Waals surface area contributed by atoms with Crippen molar-refractivity contribution in [3.05, 3.63) is 35.7 Å². The monoisotopic (exact) mass is 233 g/mol. The van der Waals surface area contributed by atoms with Crippen LogP contribution in [-0.4, -0.2) is 17.1 Å². The van der Waals surface area contributed by atoms with Crippen LogP contribution in [0.3, 0.4) is 0 Å². The Morgan fingerprint density at radius 3 is 2.71 bits per heavy atom. The summed E-state index contributed by atoms with van der Waals surface area (Å²) in [7, 11) is 1.59. The fourth-order valence-corrected chi connectivity index (χ4v) is 1.40. The van der Waals surface area contributed by atoms with Crippen molar-refractivity contribution in [3.63, 3.8) is 0 Å². The molecule has 0 saturated carbocycles. The number of aromatic nitrogens is 2.